The zero-order valence-corrected chi connectivity index (χ0v) is 23.6. The number of ether oxygens (including phenoxy) is 2. The number of amides is 2. The molecular formula is C33H38N3O5+. The average Bonchev–Trinajstić information content (AvgIpc) is 3.73. The van der Waals surface area contributed by atoms with E-state index < -0.39 is 6.09 Å². The van der Waals surface area contributed by atoms with Crippen molar-refractivity contribution in [2.45, 2.75) is 69.1 Å². The second-order valence-electron chi connectivity index (χ2n) is 12.0. The highest BCUT2D eigenvalue weighted by molar-refractivity contribution is 5.92. The lowest BCUT2D eigenvalue weighted by molar-refractivity contribution is -0.938. The van der Waals surface area contributed by atoms with Gasteiger partial charge in [-0.2, -0.15) is 0 Å². The molecule has 214 valence electrons. The molecule has 3 N–H and O–H groups in total. The van der Waals surface area contributed by atoms with Crippen molar-refractivity contribution in [2.75, 3.05) is 24.7 Å². The number of rotatable bonds is 9. The second-order valence-corrected chi connectivity index (χ2v) is 12.0. The quantitative estimate of drug-likeness (QED) is 0.251. The minimum absolute atomic E-state index is 0.0233. The molecule has 3 aliphatic heterocycles. The van der Waals surface area contributed by atoms with Crippen molar-refractivity contribution in [1.82, 2.24) is 0 Å². The summed E-state index contributed by atoms with van der Waals surface area (Å²) in [6, 6.07) is 23.9. The molecule has 8 nitrogen and oxygen atoms in total. The van der Waals surface area contributed by atoms with E-state index in [0.29, 0.717) is 42.8 Å². The van der Waals surface area contributed by atoms with Gasteiger partial charge in [0.15, 0.2) is 0 Å². The van der Waals surface area contributed by atoms with E-state index in [4.69, 9.17) is 9.47 Å². The molecule has 0 saturated carbocycles. The normalized spacial score (nSPS) is 25.2. The first kappa shape index (κ1) is 27.4. The Bertz CT molecular complexity index is 1390. The molecule has 0 aromatic heterocycles. The predicted octanol–water partition coefficient (Wildman–Crippen LogP) is 5.11. The number of morpholine rings is 1. The topological polar surface area (TPSA) is 100 Å². The number of carbonyl (C=O) groups is 2. The van der Waals surface area contributed by atoms with Gasteiger partial charge in [0.1, 0.15) is 30.4 Å². The molecule has 5 atom stereocenters. The van der Waals surface area contributed by atoms with E-state index in [1.165, 1.54) is 0 Å². The van der Waals surface area contributed by atoms with Crippen LogP contribution in [0.25, 0.3) is 11.1 Å². The van der Waals surface area contributed by atoms with Crippen molar-refractivity contribution in [2.24, 2.45) is 0 Å². The Morgan fingerprint density at radius 1 is 0.927 bits per heavy atom. The van der Waals surface area contributed by atoms with Gasteiger partial charge in [0.2, 0.25) is 5.91 Å². The number of benzene rings is 3. The van der Waals surface area contributed by atoms with Crippen LogP contribution in [0, 0.1) is 0 Å². The molecule has 3 fully saturated rings. The summed E-state index contributed by atoms with van der Waals surface area (Å²) in [5, 5.41) is 15.1. The first-order chi connectivity index (χ1) is 19.8. The van der Waals surface area contributed by atoms with Gasteiger partial charge in [0.25, 0.3) is 0 Å². The summed E-state index contributed by atoms with van der Waals surface area (Å²) < 4.78 is 12.7. The SMILES string of the molecule is C[N+]1(C)[C@@H]2CC(OC(=O)Nc3ccc(CCCC(=O)Nc4ccc(CO)cc4)cc3-c3ccccc3)C[C@H]1[C@@H]1O[C@@H]12. The van der Waals surface area contributed by atoms with Gasteiger partial charge >= 0.3 is 6.09 Å². The van der Waals surface area contributed by atoms with Crippen LogP contribution in [-0.2, 0) is 27.3 Å². The zero-order chi connectivity index (χ0) is 28.6. The maximum atomic E-state index is 13.0. The molecule has 3 saturated heterocycles. The van der Waals surface area contributed by atoms with Crippen LogP contribution in [0.15, 0.2) is 72.8 Å². The van der Waals surface area contributed by atoms with Crippen molar-refractivity contribution < 1.29 is 28.7 Å². The van der Waals surface area contributed by atoms with E-state index in [1.54, 1.807) is 24.3 Å². The molecule has 41 heavy (non-hydrogen) atoms. The number of aliphatic hydroxyl groups excluding tert-OH is 1. The molecule has 3 aromatic rings. The number of nitrogens with one attached hydrogen (secondary N) is 2. The van der Waals surface area contributed by atoms with E-state index >= 15 is 0 Å². The summed E-state index contributed by atoms with van der Waals surface area (Å²) in [6.45, 7) is -0.0233. The highest BCUT2D eigenvalue weighted by Gasteiger charge is 2.70. The maximum Gasteiger partial charge on any atom is 0.411 e. The minimum Gasteiger partial charge on any atom is -0.445 e. The fraction of sp³-hybridized carbons (Fsp3) is 0.394. The number of epoxide rings is 1. The van der Waals surface area contributed by atoms with Gasteiger partial charge < -0.3 is 24.4 Å². The van der Waals surface area contributed by atoms with Crippen LogP contribution in [0.3, 0.4) is 0 Å². The van der Waals surface area contributed by atoms with Gasteiger partial charge in [-0.1, -0.05) is 48.5 Å². The molecule has 2 bridgehead atoms. The molecule has 0 radical (unpaired) electrons. The Morgan fingerprint density at radius 2 is 1.61 bits per heavy atom. The van der Waals surface area contributed by atoms with Crippen molar-refractivity contribution in [3.8, 4) is 11.1 Å². The number of nitrogens with zero attached hydrogens (tertiary/aromatic N) is 1. The Labute approximate surface area is 240 Å². The fourth-order valence-electron chi connectivity index (χ4n) is 6.67. The number of piperidine rings is 1. The summed E-state index contributed by atoms with van der Waals surface area (Å²) >= 11 is 0. The number of carbonyl (C=O) groups excluding carboxylic acids is 2. The number of hydrogen-bond acceptors (Lipinski definition) is 5. The van der Waals surface area contributed by atoms with Crippen LogP contribution in [0.1, 0.15) is 36.8 Å². The van der Waals surface area contributed by atoms with E-state index in [0.717, 1.165) is 51.7 Å². The lowest BCUT2D eigenvalue weighted by atomic mass is 9.96. The number of anilines is 2. The summed E-state index contributed by atoms with van der Waals surface area (Å²) in [5.41, 5.74) is 5.24. The van der Waals surface area contributed by atoms with Gasteiger partial charge in [0.05, 0.1) is 26.4 Å². The fourth-order valence-corrected chi connectivity index (χ4v) is 6.67. The van der Waals surface area contributed by atoms with Crippen LogP contribution in [0.4, 0.5) is 16.2 Å². The second kappa shape index (κ2) is 11.3. The number of aliphatic hydroxyl groups is 1. The van der Waals surface area contributed by atoms with Crippen LogP contribution in [0.2, 0.25) is 0 Å². The van der Waals surface area contributed by atoms with Crippen molar-refractivity contribution in [1.29, 1.82) is 0 Å². The Kier molecular flexibility index (Phi) is 7.55. The summed E-state index contributed by atoms with van der Waals surface area (Å²) in [4.78, 5) is 25.5. The van der Waals surface area contributed by atoms with Gasteiger partial charge in [-0.25, -0.2) is 4.79 Å². The van der Waals surface area contributed by atoms with Gasteiger partial charge in [0, 0.05) is 30.5 Å². The third kappa shape index (κ3) is 5.86. The summed E-state index contributed by atoms with van der Waals surface area (Å²) in [7, 11) is 4.53. The van der Waals surface area contributed by atoms with Crippen LogP contribution >= 0.6 is 0 Å². The van der Waals surface area contributed by atoms with Crippen LogP contribution in [-0.4, -0.2) is 66.1 Å². The first-order valence-electron chi connectivity index (χ1n) is 14.5. The van der Waals surface area contributed by atoms with Gasteiger partial charge in [-0.05, 0) is 53.8 Å². The monoisotopic (exact) mass is 556 g/mol. The van der Waals surface area contributed by atoms with E-state index in [-0.39, 0.29) is 18.6 Å². The van der Waals surface area contributed by atoms with E-state index in [9.17, 15) is 14.7 Å². The molecule has 3 heterocycles. The number of quaternary nitrogens is 1. The molecule has 3 aliphatic rings. The molecular weight excluding hydrogens is 518 g/mol. The molecule has 3 aromatic carbocycles. The van der Waals surface area contributed by atoms with Crippen molar-refractivity contribution in [3.63, 3.8) is 0 Å². The number of fused-ring (bicyclic) bond motifs is 5. The Hall–Kier alpha value is -3.72. The Morgan fingerprint density at radius 3 is 2.29 bits per heavy atom. The number of likely N-dealkylation sites (N-methyl/N-ethyl adjacent to an activating group) is 1. The van der Waals surface area contributed by atoms with Gasteiger partial charge in [-0.15, -0.1) is 0 Å². The highest BCUT2D eigenvalue weighted by atomic mass is 16.6. The summed E-state index contributed by atoms with van der Waals surface area (Å²) in [6.07, 6.45) is 3.55. The minimum atomic E-state index is -0.426. The Balaban J connectivity index is 1.07. The summed E-state index contributed by atoms with van der Waals surface area (Å²) in [5.74, 6) is -0.0479. The van der Waals surface area contributed by atoms with E-state index in [2.05, 4.69) is 30.8 Å². The molecule has 8 heteroatoms. The van der Waals surface area contributed by atoms with Crippen molar-refractivity contribution >= 4 is 23.4 Å². The lowest BCUT2D eigenvalue weighted by Gasteiger charge is -2.45. The predicted molar refractivity (Wildman–Crippen MR) is 157 cm³/mol. The molecule has 1 unspecified atom stereocenters. The first-order valence-corrected chi connectivity index (χ1v) is 14.5. The molecule has 0 spiro atoms. The zero-order valence-electron chi connectivity index (χ0n) is 23.6. The van der Waals surface area contributed by atoms with Gasteiger partial charge in [-0.3, -0.25) is 10.1 Å². The average molecular weight is 557 g/mol. The highest BCUT2D eigenvalue weighted by Crippen LogP contribution is 2.51. The number of hydrogen-bond donors (Lipinski definition) is 3. The largest absolute Gasteiger partial charge is 0.445 e. The molecule has 0 aliphatic carbocycles. The maximum absolute atomic E-state index is 13.0. The van der Waals surface area contributed by atoms with Crippen LogP contribution < -0.4 is 10.6 Å². The van der Waals surface area contributed by atoms with Crippen molar-refractivity contribution in [3.05, 3.63) is 83.9 Å². The smallest absolute Gasteiger partial charge is 0.411 e. The standard InChI is InChI=1S/C33H37N3O5/c1-36(2)28-18-25(19-29(36)32-31(28)41-32)40-33(39)35-27-16-13-21(17-26(27)23-8-4-3-5-9-23)7-6-10-30(38)34-24-14-11-22(20-37)12-15-24/h3-5,8-9,11-17,25,28-29,31-32,37H,6-7,10,18-20H2,1-2H3,(H-,34,35,38,39)/p+1/t25?,28-,29+,31-,32+. The van der Waals surface area contributed by atoms with Crippen LogP contribution in [0.5, 0.6) is 0 Å². The van der Waals surface area contributed by atoms with E-state index in [1.807, 2.05) is 42.5 Å². The molecule has 6 rings (SSSR count). The third-order valence-electron chi connectivity index (χ3n) is 9.01. The lowest BCUT2D eigenvalue weighted by Crippen LogP contribution is -2.60. The molecule has 2 amide bonds. The third-order valence-corrected chi connectivity index (χ3v) is 9.01. The number of aryl methyl sites for hydroxylation is 1.